The minimum atomic E-state index is -3.62. The predicted octanol–water partition coefficient (Wildman–Crippen LogP) is 2.61. The Hall–Kier alpha value is -1.58. The zero-order chi connectivity index (χ0) is 17.2. The van der Waals surface area contributed by atoms with E-state index in [1.165, 1.54) is 4.31 Å². The quantitative estimate of drug-likeness (QED) is 0.767. The molecule has 1 fully saturated rings. The van der Waals surface area contributed by atoms with Crippen molar-refractivity contribution >= 4 is 26.0 Å². The first kappa shape index (κ1) is 17.2. The van der Waals surface area contributed by atoms with Crippen LogP contribution in [0.1, 0.15) is 12.8 Å². The highest BCUT2D eigenvalue weighted by atomic mass is 79.9. The molecule has 3 rings (SSSR count). The molecule has 0 spiro atoms. The van der Waals surface area contributed by atoms with Crippen LogP contribution >= 0.6 is 15.9 Å². The smallest absolute Gasteiger partial charge is 0.316 e. The van der Waals surface area contributed by atoms with Crippen LogP contribution in [-0.2, 0) is 10.0 Å². The number of nitrogens with zero attached hydrogens (tertiary/aromatic N) is 3. The number of aromatic nitrogens is 2. The molecular formula is C15H15BrFN3O3S. The molecule has 1 aliphatic heterocycles. The van der Waals surface area contributed by atoms with Crippen molar-refractivity contribution in [2.45, 2.75) is 23.8 Å². The van der Waals surface area contributed by atoms with Gasteiger partial charge in [-0.25, -0.2) is 22.8 Å². The van der Waals surface area contributed by atoms with Crippen molar-refractivity contribution in [3.05, 3.63) is 46.9 Å². The number of ether oxygens (including phenoxy) is 1. The van der Waals surface area contributed by atoms with E-state index < -0.39 is 15.8 Å². The van der Waals surface area contributed by atoms with E-state index >= 15 is 0 Å². The predicted molar refractivity (Wildman–Crippen MR) is 88.5 cm³/mol. The van der Waals surface area contributed by atoms with Gasteiger partial charge in [-0.1, -0.05) is 12.1 Å². The molecule has 2 aromatic rings. The van der Waals surface area contributed by atoms with Crippen molar-refractivity contribution in [1.82, 2.24) is 14.3 Å². The number of rotatable bonds is 4. The fourth-order valence-corrected chi connectivity index (χ4v) is 5.00. The average Bonchev–Trinajstić information content (AvgIpc) is 2.57. The highest BCUT2D eigenvalue weighted by molar-refractivity contribution is 9.10. The Morgan fingerprint density at radius 1 is 1.25 bits per heavy atom. The number of piperidine rings is 1. The van der Waals surface area contributed by atoms with Gasteiger partial charge in [0, 0.05) is 11.0 Å². The van der Waals surface area contributed by atoms with Crippen molar-refractivity contribution in [2.24, 2.45) is 0 Å². The molecule has 1 aromatic heterocycles. The Bertz CT molecular complexity index is 817. The molecule has 0 saturated carbocycles. The summed E-state index contributed by atoms with van der Waals surface area (Å²) < 4.78 is 46.0. The van der Waals surface area contributed by atoms with Crippen molar-refractivity contribution in [3.8, 4) is 6.01 Å². The van der Waals surface area contributed by atoms with Gasteiger partial charge < -0.3 is 4.74 Å². The normalized spacial score (nSPS) is 19.2. The summed E-state index contributed by atoms with van der Waals surface area (Å²) in [4.78, 5) is 7.72. The largest absolute Gasteiger partial charge is 0.459 e. The lowest BCUT2D eigenvalue weighted by Crippen LogP contribution is -2.44. The molecule has 1 saturated heterocycles. The van der Waals surface area contributed by atoms with E-state index in [0.717, 1.165) is 12.4 Å². The monoisotopic (exact) mass is 415 g/mol. The number of hydrogen-bond acceptors (Lipinski definition) is 5. The molecule has 2 heterocycles. The van der Waals surface area contributed by atoms with Crippen LogP contribution in [0.2, 0.25) is 0 Å². The molecule has 0 N–H and O–H groups in total. The van der Waals surface area contributed by atoms with Gasteiger partial charge in [0.15, 0.2) is 5.82 Å². The van der Waals surface area contributed by atoms with Crippen LogP contribution < -0.4 is 4.74 Å². The van der Waals surface area contributed by atoms with E-state index in [9.17, 15) is 12.8 Å². The van der Waals surface area contributed by atoms with E-state index in [2.05, 4.69) is 25.9 Å². The van der Waals surface area contributed by atoms with Crippen LogP contribution in [0, 0.1) is 5.82 Å². The zero-order valence-electron chi connectivity index (χ0n) is 12.6. The molecular weight excluding hydrogens is 401 g/mol. The number of halogens is 2. The summed E-state index contributed by atoms with van der Waals surface area (Å²) >= 11 is 3.28. The van der Waals surface area contributed by atoms with Crippen molar-refractivity contribution in [2.75, 3.05) is 13.1 Å². The molecule has 9 heteroatoms. The summed E-state index contributed by atoms with van der Waals surface area (Å²) in [6, 6.07) is 6.74. The van der Waals surface area contributed by atoms with E-state index in [-0.39, 0.29) is 23.6 Å². The zero-order valence-corrected chi connectivity index (χ0v) is 15.0. The Morgan fingerprint density at radius 3 is 2.67 bits per heavy atom. The third kappa shape index (κ3) is 3.73. The second-order valence-corrected chi connectivity index (χ2v) is 8.12. The van der Waals surface area contributed by atoms with Crippen LogP contribution in [0.5, 0.6) is 6.01 Å². The molecule has 1 atom stereocenters. The summed E-state index contributed by atoms with van der Waals surface area (Å²) in [5.74, 6) is -0.552. The first-order chi connectivity index (χ1) is 11.5. The minimum Gasteiger partial charge on any atom is -0.459 e. The lowest BCUT2D eigenvalue weighted by molar-refractivity contribution is 0.119. The Kier molecular flexibility index (Phi) is 5.12. The SMILES string of the molecule is O=S(=O)(c1ccccc1Br)N1CCCC(Oc2ncc(F)cn2)C1. The molecule has 1 aliphatic rings. The van der Waals surface area contributed by atoms with Crippen LogP contribution in [0.25, 0.3) is 0 Å². The van der Waals surface area contributed by atoms with Crippen molar-refractivity contribution in [3.63, 3.8) is 0 Å². The Balaban J connectivity index is 1.75. The minimum absolute atomic E-state index is 0.0431. The maximum absolute atomic E-state index is 12.8. The molecule has 0 radical (unpaired) electrons. The maximum atomic E-state index is 12.8. The van der Waals surface area contributed by atoms with E-state index in [4.69, 9.17) is 4.74 Å². The topological polar surface area (TPSA) is 72.4 Å². The second kappa shape index (κ2) is 7.12. The molecule has 24 heavy (non-hydrogen) atoms. The standard InChI is InChI=1S/C15H15BrFN3O3S/c16-13-5-1-2-6-14(13)24(21,22)20-7-3-4-12(10-20)23-15-18-8-11(17)9-19-15/h1-2,5-6,8-9,12H,3-4,7,10H2. The number of sulfonamides is 1. The summed E-state index contributed by atoms with van der Waals surface area (Å²) in [6.45, 7) is 0.623. The van der Waals surface area contributed by atoms with Gasteiger partial charge in [-0.05, 0) is 40.9 Å². The Morgan fingerprint density at radius 2 is 1.96 bits per heavy atom. The first-order valence-corrected chi connectivity index (χ1v) is 9.59. The highest BCUT2D eigenvalue weighted by Gasteiger charge is 2.32. The molecule has 6 nitrogen and oxygen atoms in total. The van der Waals surface area contributed by atoms with E-state index in [1.54, 1.807) is 24.3 Å². The third-order valence-corrected chi connectivity index (χ3v) is 6.54. The van der Waals surface area contributed by atoms with Crippen LogP contribution in [-0.4, -0.2) is 41.9 Å². The molecule has 128 valence electrons. The fraction of sp³-hybridized carbons (Fsp3) is 0.333. The number of hydrogen-bond donors (Lipinski definition) is 0. The summed E-state index contributed by atoms with van der Waals surface area (Å²) in [5.41, 5.74) is 0. The average molecular weight is 416 g/mol. The summed E-state index contributed by atoms with van der Waals surface area (Å²) in [6.07, 6.45) is 3.00. The second-order valence-electron chi connectivity index (χ2n) is 5.36. The van der Waals surface area contributed by atoms with Gasteiger partial charge in [0.1, 0.15) is 6.10 Å². The Labute approximate surface area is 147 Å². The lowest BCUT2D eigenvalue weighted by Gasteiger charge is -2.31. The van der Waals surface area contributed by atoms with E-state index in [0.29, 0.717) is 23.9 Å². The van der Waals surface area contributed by atoms with Gasteiger partial charge in [-0.2, -0.15) is 4.31 Å². The first-order valence-electron chi connectivity index (χ1n) is 7.36. The highest BCUT2D eigenvalue weighted by Crippen LogP contribution is 2.27. The van der Waals surface area contributed by atoms with Gasteiger partial charge >= 0.3 is 6.01 Å². The molecule has 0 amide bonds. The van der Waals surface area contributed by atoms with Gasteiger partial charge in [-0.3, -0.25) is 0 Å². The number of benzene rings is 1. The molecule has 1 aromatic carbocycles. The van der Waals surface area contributed by atoms with Gasteiger partial charge in [-0.15, -0.1) is 0 Å². The fourth-order valence-electron chi connectivity index (χ4n) is 2.52. The van der Waals surface area contributed by atoms with Crippen molar-refractivity contribution in [1.29, 1.82) is 0 Å². The van der Waals surface area contributed by atoms with Crippen LogP contribution in [0.3, 0.4) is 0 Å². The lowest BCUT2D eigenvalue weighted by atomic mass is 10.1. The summed E-state index contributed by atoms with van der Waals surface area (Å²) in [7, 11) is -3.62. The van der Waals surface area contributed by atoms with Crippen LogP contribution in [0.15, 0.2) is 46.0 Å². The van der Waals surface area contributed by atoms with Crippen LogP contribution in [0.4, 0.5) is 4.39 Å². The van der Waals surface area contributed by atoms with Gasteiger partial charge in [0.2, 0.25) is 10.0 Å². The molecule has 0 bridgehead atoms. The molecule has 1 unspecified atom stereocenters. The van der Waals surface area contributed by atoms with E-state index in [1.807, 2.05) is 0 Å². The van der Waals surface area contributed by atoms with Gasteiger partial charge in [0.25, 0.3) is 0 Å². The summed E-state index contributed by atoms with van der Waals surface area (Å²) in [5, 5.41) is 0. The van der Waals surface area contributed by atoms with Gasteiger partial charge in [0.05, 0.1) is 23.8 Å². The molecule has 0 aliphatic carbocycles. The maximum Gasteiger partial charge on any atom is 0.316 e. The third-order valence-electron chi connectivity index (χ3n) is 3.66. The van der Waals surface area contributed by atoms with Crippen molar-refractivity contribution < 1.29 is 17.5 Å².